The Balaban J connectivity index is 1.59. The smallest absolute Gasteiger partial charge is 0.298 e. The van der Waals surface area contributed by atoms with Crippen molar-refractivity contribution in [1.29, 1.82) is 0 Å². The van der Waals surface area contributed by atoms with Gasteiger partial charge in [-0.25, -0.2) is 14.6 Å². The molecule has 10 heteroatoms. The lowest BCUT2D eigenvalue weighted by Gasteiger charge is -2.21. The van der Waals surface area contributed by atoms with Crippen LogP contribution >= 0.6 is 0 Å². The van der Waals surface area contributed by atoms with Crippen LogP contribution in [-0.4, -0.2) is 51.3 Å². The first-order chi connectivity index (χ1) is 16.5. The molecule has 1 aliphatic rings. The molecule has 1 saturated heterocycles. The highest BCUT2D eigenvalue weighted by Gasteiger charge is 2.34. The molecule has 34 heavy (non-hydrogen) atoms. The molecule has 3 heterocycles. The molecule has 1 aliphatic heterocycles. The zero-order valence-electron chi connectivity index (χ0n) is 18.4. The van der Waals surface area contributed by atoms with E-state index in [9.17, 15) is 14.4 Å². The van der Waals surface area contributed by atoms with E-state index in [1.165, 1.54) is 22.9 Å². The van der Waals surface area contributed by atoms with Gasteiger partial charge < -0.3 is 20.8 Å². The van der Waals surface area contributed by atoms with Gasteiger partial charge in [-0.15, -0.1) is 6.42 Å². The van der Waals surface area contributed by atoms with Gasteiger partial charge in [-0.05, 0) is 37.0 Å². The second-order valence-corrected chi connectivity index (χ2v) is 7.60. The van der Waals surface area contributed by atoms with Gasteiger partial charge in [0.05, 0.1) is 13.2 Å². The van der Waals surface area contributed by atoms with Crippen molar-refractivity contribution in [3.05, 3.63) is 59.7 Å². The number of hydrogen-bond acceptors (Lipinski definition) is 7. The van der Waals surface area contributed by atoms with E-state index in [-0.39, 0.29) is 11.6 Å². The molecule has 172 valence electrons. The van der Waals surface area contributed by atoms with Crippen molar-refractivity contribution in [1.82, 2.24) is 19.5 Å². The molecule has 1 unspecified atom stereocenters. The van der Waals surface area contributed by atoms with Crippen molar-refractivity contribution in [2.75, 3.05) is 24.8 Å². The monoisotopic (exact) mass is 458 g/mol. The van der Waals surface area contributed by atoms with Gasteiger partial charge in [-0.3, -0.25) is 14.4 Å². The highest BCUT2D eigenvalue weighted by Crippen LogP contribution is 2.33. The van der Waals surface area contributed by atoms with Crippen LogP contribution in [0.5, 0.6) is 5.75 Å². The Labute approximate surface area is 195 Å². The van der Waals surface area contributed by atoms with Crippen molar-refractivity contribution in [3.8, 4) is 29.4 Å². The molecule has 1 aromatic carbocycles. The maximum atomic E-state index is 12.6. The summed E-state index contributed by atoms with van der Waals surface area (Å²) in [6, 6.07) is 9.43. The summed E-state index contributed by atoms with van der Waals surface area (Å²) in [5.74, 6) is 8.80. The number of benzene rings is 1. The number of methoxy groups -OCH3 is 1. The predicted molar refractivity (Wildman–Crippen MR) is 124 cm³/mol. The molecule has 0 spiro atoms. The third-order valence-corrected chi connectivity index (χ3v) is 5.65. The summed E-state index contributed by atoms with van der Waals surface area (Å²) in [7, 11) is 1.53. The molecular weight excluding hydrogens is 436 g/mol. The van der Waals surface area contributed by atoms with Crippen molar-refractivity contribution in [3.63, 3.8) is 0 Å². The minimum atomic E-state index is -0.444. The Hall–Kier alpha value is -4.65. The van der Waals surface area contributed by atoms with Gasteiger partial charge in [0.2, 0.25) is 0 Å². The normalized spacial score (nSPS) is 14.9. The van der Waals surface area contributed by atoms with Gasteiger partial charge in [0, 0.05) is 29.9 Å². The van der Waals surface area contributed by atoms with Crippen LogP contribution in [0.3, 0.4) is 0 Å². The van der Waals surface area contributed by atoms with E-state index in [0.29, 0.717) is 53.5 Å². The highest BCUT2D eigenvalue weighted by atomic mass is 16.5. The lowest BCUT2D eigenvalue weighted by molar-refractivity contribution is -0.126. The molecule has 0 radical (unpaired) electrons. The minimum Gasteiger partial charge on any atom is -0.497 e. The summed E-state index contributed by atoms with van der Waals surface area (Å²) < 4.78 is 6.33. The summed E-state index contributed by atoms with van der Waals surface area (Å²) in [6.45, 7) is 0.498. The van der Waals surface area contributed by atoms with Gasteiger partial charge in [-0.2, -0.15) is 0 Å². The van der Waals surface area contributed by atoms with E-state index in [1.54, 1.807) is 36.4 Å². The molecule has 1 atom stereocenters. The Morgan fingerprint density at radius 2 is 2.06 bits per heavy atom. The minimum absolute atomic E-state index is 0.160. The number of carbonyl (C=O) groups is 3. The van der Waals surface area contributed by atoms with Gasteiger partial charge in [-0.1, -0.05) is 12.1 Å². The fourth-order valence-electron chi connectivity index (χ4n) is 3.96. The van der Waals surface area contributed by atoms with E-state index in [1.807, 2.05) is 0 Å². The van der Waals surface area contributed by atoms with E-state index in [0.717, 1.165) is 6.42 Å². The number of nitrogens with zero attached hydrogens (tertiary/aromatic N) is 4. The van der Waals surface area contributed by atoms with Gasteiger partial charge >= 0.3 is 0 Å². The number of hydrogen-bond donors (Lipinski definition) is 2. The Bertz CT molecular complexity index is 1290. The van der Waals surface area contributed by atoms with E-state index >= 15 is 0 Å². The summed E-state index contributed by atoms with van der Waals surface area (Å²) in [5.41, 5.74) is 1.49. The summed E-state index contributed by atoms with van der Waals surface area (Å²) in [4.78, 5) is 46.7. The lowest BCUT2D eigenvalue weighted by Crippen LogP contribution is -2.32. The fraction of sp³-hybridized carbons (Fsp3) is 0.208. The van der Waals surface area contributed by atoms with E-state index < -0.39 is 11.9 Å². The van der Waals surface area contributed by atoms with E-state index in [2.05, 4.69) is 21.2 Å². The van der Waals surface area contributed by atoms with Crippen molar-refractivity contribution < 1.29 is 19.1 Å². The lowest BCUT2D eigenvalue weighted by atomic mass is 10.1. The number of carbonyl (C=O) groups excluding carboxylic acids is 3. The molecule has 0 aliphatic carbocycles. The predicted octanol–water partition coefficient (Wildman–Crippen LogP) is 2.03. The first kappa shape index (κ1) is 22.5. The SMILES string of the molecule is C#CC(=O)N1CCCC1c1nc(-c2ccc(C(=O)Nc3cc(OC)ccn3)cc2)c(C=O)n1N. The second kappa shape index (κ2) is 9.46. The third kappa shape index (κ3) is 4.19. The number of terminal acetylenes is 1. The average molecular weight is 458 g/mol. The third-order valence-electron chi connectivity index (χ3n) is 5.65. The number of anilines is 1. The number of pyridine rings is 1. The maximum Gasteiger partial charge on any atom is 0.298 e. The quantitative estimate of drug-likeness (QED) is 0.328. The fourth-order valence-corrected chi connectivity index (χ4v) is 3.96. The molecule has 2 amide bonds. The summed E-state index contributed by atoms with van der Waals surface area (Å²) in [5, 5.41) is 2.71. The first-order valence-corrected chi connectivity index (χ1v) is 10.5. The molecule has 2 aromatic heterocycles. The molecule has 0 saturated carbocycles. The maximum absolute atomic E-state index is 12.6. The van der Waals surface area contributed by atoms with Crippen molar-refractivity contribution in [2.24, 2.45) is 0 Å². The highest BCUT2D eigenvalue weighted by molar-refractivity contribution is 6.04. The van der Waals surface area contributed by atoms with Crippen LogP contribution in [0.2, 0.25) is 0 Å². The number of imidazole rings is 1. The summed E-state index contributed by atoms with van der Waals surface area (Å²) >= 11 is 0. The number of likely N-dealkylation sites (tertiary alicyclic amines) is 1. The summed E-state index contributed by atoms with van der Waals surface area (Å²) in [6.07, 6.45) is 8.82. The topological polar surface area (TPSA) is 132 Å². The van der Waals surface area contributed by atoms with E-state index in [4.69, 9.17) is 17.0 Å². The van der Waals surface area contributed by atoms with Gasteiger partial charge in [0.1, 0.15) is 23.0 Å². The molecule has 10 nitrogen and oxygen atoms in total. The van der Waals surface area contributed by atoms with Crippen LogP contribution in [0.4, 0.5) is 5.82 Å². The van der Waals surface area contributed by atoms with Crippen molar-refractivity contribution in [2.45, 2.75) is 18.9 Å². The molecule has 4 rings (SSSR count). The van der Waals surface area contributed by atoms with Gasteiger partial charge in [0.25, 0.3) is 11.8 Å². The molecule has 0 bridgehead atoms. The Morgan fingerprint density at radius 1 is 1.29 bits per heavy atom. The molecular formula is C24H22N6O4. The number of nitrogen functional groups attached to an aromatic ring is 1. The average Bonchev–Trinajstić information content (AvgIpc) is 3.47. The zero-order chi connectivity index (χ0) is 24.2. The van der Waals surface area contributed by atoms with Crippen LogP contribution < -0.4 is 15.9 Å². The van der Waals surface area contributed by atoms with Crippen LogP contribution in [0.15, 0.2) is 42.6 Å². The van der Waals surface area contributed by atoms with Crippen LogP contribution in [0, 0.1) is 12.3 Å². The Morgan fingerprint density at radius 3 is 2.74 bits per heavy atom. The number of ether oxygens (including phenoxy) is 1. The second-order valence-electron chi connectivity index (χ2n) is 7.60. The number of nitrogens with one attached hydrogen (secondary N) is 1. The van der Waals surface area contributed by atoms with Gasteiger partial charge in [0.15, 0.2) is 12.1 Å². The van der Waals surface area contributed by atoms with Crippen LogP contribution in [0.1, 0.15) is 45.6 Å². The number of nitrogens with two attached hydrogens (primary N) is 1. The van der Waals surface area contributed by atoms with Crippen LogP contribution in [0.25, 0.3) is 11.3 Å². The van der Waals surface area contributed by atoms with Crippen molar-refractivity contribution >= 4 is 23.9 Å². The molecule has 1 fully saturated rings. The van der Waals surface area contributed by atoms with Crippen LogP contribution in [-0.2, 0) is 4.79 Å². The largest absolute Gasteiger partial charge is 0.497 e. The first-order valence-electron chi connectivity index (χ1n) is 10.5. The number of aromatic nitrogens is 3. The number of rotatable bonds is 6. The number of aldehydes is 1. The Kier molecular flexibility index (Phi) is 6.27. The zero-order valence-corrected chi connectivity index (χ0v) is 18.4. The standard InChI is InChI=1S/C24H22N6O4/c1-3-21(32)29-12-4-5-18(29)23-28-22(19(14-31)30(23)25)15-6-8-16(9-7-15)24(33)27-20-13-17(34-2)10-11-26-20/h1,6-11,13-14,18H,4-5,12,25H2,2H3,(H,26,27,33). The number of amides is 2. The molecule has 3 N–H and O–H groups in total. The molecule has 3 aromatic rings.